The molecular formula is C27H31ClN2O3. The molecule has 1 amide bonds. The zero-order valence-electron chi connectivity index (χ0n) is 19.1. The second-order valence-corrected chi connectivity index (χ2v) is 8.93. The molecule has 3 aromatic carbocycles. The van der Waals surface area contributed by atoms with Crippen LogP contribution in [0.2, 0.25) is 5.02 Å². The second-order valence-electron chi connectivity index (χ2n) is 8.52. The maximum Gasteiger partial charge on any atom is 0.216 e. The van der Waals surface area contributed by atoms with Crippen LogP contribution in [-0.2, 0) is 11.2 Å². The number of piperidine rings is 1. The highest BCUT2D eigenvalue weighted by Crippen LogP contribution is 2.33. The Hall–Kier alpha value is -2.76. The van der Waals surface area contributed by atoms with Gasteiger partial charge in [-0.15, -0.1) is 0 Å². The minimum Gasteiger partial charge on any atom is -0.492 e. The van der Waals surface area contributed by atoms with Crippen LogP contribution in [0.25, 0.3) is 10.8 Å². The minimum atomic E-state index is -0.00622. The molecule has 1 aliphatic rings. The van der Waals surface area contributed by atoms with Gasteiger partial charge in [0, 0.05) is 26.1 Å². The van der Waals surface area contributed by atoms with Gasteiger partial charge < -0.3 is 14.8 Å². The van der Waals surface area contributed by atoms with Gasteiger partial charge in [-0.1, -0.05) is 42.3 Å². The van der Waals surface area contributed by atoms with Crippen molar-refractivity contribution in [2.75, 3.05) is 32.8 Å². The lowest BCUT2D eigenvalue weighted by atomic mass is 10.0. The SMILES string of the molecule is CC(=O)NCCc1ccc2cc(Oc3ccc(OCCN4CCCCC4)cc3Cl)ccc2c1. The Bertz CT molecular complexity index is 1100. The number of benzene rings is 3. The Kier molecular flexibility index (Phi) is 8.08. The maximum absolute atomic E-state index is 11.0. The quantitative estimate of drug-likeness (QED) is 0.431. The number of carbonyl (C=O) groups is 1. The van der Waals surface area contributed by atoms with Gasteiger partial charge in [-0.2, -0.15) is 0 Å². The summed E-state index contributed by atoms with van der Waals surface area (Å²) in [5.41, 5.74) is 1.18. The van der Waals surface area contributed by atoms with E-state index in [4.69, 9.17) is 21.1 Å². The number of ether oxygens (including phenoxy) is 2. The van der Waals surface area contributed by atoms with Gasteiger partial charge in [-0.3, -0.25) is 9.69 Å². The van der Waals surface area contributed by atoms with E-state index in [0.717, 1.165) is 35.2 Å². The number of halogens is 1. The molecule has 0 saturated carbocycles. The van der Waals surface area contributed by atoms with Crippen molar-refractivity contribution in [1.29, 1.82) is 0 Å². The smallest absolute Gasteiger partial charge is 0.216 e. The van der Waals surface area contributed by atoms with Crippen LogP contribution >= 0.6 is 11.6 Å². The van der Waals surface area contributed by atoms with Crippen LogP contribution in [0.3, 0.4) is 0 Å². The van der Waals surface area contributed by atoms with Crippen molar-refractivity contribution in [3.63, 3.8) is 0 Å². The Morgan fingerprint density at radius 1 is 0.970 bits per heavy atom. The molecule has 0 spiro atoms. The number of nitrogens with one attached hydrogen (secondary N) is 1. The average Bonchev–Trinajstić information content (AvgIpc) is 2.81. The molecule has 0 radical (unpaired) electrons. The van der Waals surface area contributed by atoms with Crippen LogP contribution in [0, 0.1) is 0 Å². The molecule has 1 saturated heterocycles. The molecule has 6 heteroatoms. The predicted octanol–water partition coefficient (Wildman–Crippen LogP) is 5.83. The lowest BCUT2D eigenvalue weighted by Gasteiger charge is -2.26. The molecule has 1 aliphatic heterocycles. The van der Waals surface area contributed by atoms with Crippen molar-refractivity contribution in [2.24, 2.45) is 0 Å². The van der Waals surface area contributed by atoms with E-state index in [1.165, 1.54) is 44.8 Å². The number of hydrogen-bond acceptors (Lipinski definition) is 4. The molecule has 0 bridgehead atoms. The Morgan fingerprint density at radius 3 is 2.52 bits per heavy atom. The lowest BCUT2D eigenvalue weighted by molar-refractivity contribution is -0.118. The molecule has 0 aromatic heterocycles. The number of fused-ring (bicyclic) bond motifs is 1. The number of hydrogen-bond donors (Lipinski definition) is 1. The van der Waals surface area contributed by atoms with Crippen molar-refractivity contribution >= 4 is 28.3 Å². The standard InChI is InChI=1S/C27H31ClN2O3/c1-20(31)29-12-11-21-5-6-23-18-25(8-7-22(23)17-21)33-27-10-9-24(19-26(27)28)32-16-15-30-13-3-2-4-14-30/h5-10,17-19H,2-4,11-16H2,1H3,(H,29,31). The fourth-order valence-electron chi connectivity index (χ4n) is 4.13. The molecule has 0 unspecified atom stereocenters. The van der Waals surface area contributed by atoms with Gasteiger partial charge in [0.2, 0.25) is 5.91 Å². The maximum atomic E-state index is 11.0. The van der Waals surface area contributed by atoms with Crippen LogP contribution in [-0.4, -0.2) is 43.6 Å². The summed E-state index contributed by atoms with van der Waals surface area (Å²) in [7, 11) is 0. The number of likely N-dealkylation sites (tertiary alicyclic amines) is 1. The fraction of sp³-hybridized carbons (Fsp3) is 0.370. The number of carbonyl (C=O) groups excluding carboxylic acids is 1. The van der Waals surface area contributed by atoms with Gasteiger partial charge in [0.25, 0.3) is 0 Å². The molecule has 0 aliphatic carbocycles. The number of rotatable bonds is 9. The first-order valence-corrected chi connectivity index (χ1v) is 12.0. The third-order valence-electron chi connectivity index (χ3n) is 5.92. The van der Waals surface area contributed by atoms with Crippen LogP contribution in [0.4, 0.5) is 0 Å². The molecule has 33 heavy (non-hydrogen) atoms. The fourth-order valence-corrected chi connectivity index (χ4v) is 4.34. The van der Waals surface area contributed by atoms with Crippen LogP contribution in [0.1, 0.15) is 31.7 Å². The van der Waals surface area contributed by atoms with Crippen molar-refractivity contribution in [3.8, 4) is 17.2 Å². The van der Waals surface area contributed by atoms with E-state index in [9.17, 15) is 4.79 Å². The van der Waals surface area contributed by atoms with E-state index in [0.29, 0.717) is 23.9 Å². The van der Waals surface area contributed by atoms with Crippen LogP contribution < -0.4 is 14.8 Å². The summed E-state index contributed by atoms with van der Waals surface area (Å²) in [6.07, 6.45) is 4.71. The first-order chi connectivity index (χ1) is 16.1. The Morgan fingerprint density at radius 2 is 1.73 bits per heavy atom. The normalized spacial score (nSPS) is 14.2. The van der Waals surface area contributed by atoms with Gasteiger partial charge in [0.05, 0.1) is 5.02 Å². The van der Waals surface area contributed by atoms with E-state index >= 15 is 0 Å². The minimum absolute atomic E-state index is 0.00622. The summed E-state index contributed by atoms with van der Waals surface area (Å²) in [5, 5.41) is 5.58. The second kappa shape index (κ2) is 11.4. The summed E-state index contributed by atoms with van der Waals surface area (Å²) < 4.78 is 11.9. The molecule has 1 fully saturated rings. The lowest BCUT2D eigenvalue weighted by Crippen LogP contribution is -2.33. The van der Waals surface area contributed by atoms with Crippen molar-refractivity contribution in [3.05, 3.63) is 65.2 Å². The monoisotopic (exact) mass is 466 g/mol. The first-order valence-electron chi connectivity index (χ1n) is 11.7. The molecule has 4 rings (SSSR count). The third-order valence-corrected chi connectivity index (χ3v) is 6.22. The van der Waals surface area contributed by atoms with Gasteiger partial charge in [0.15, 0.2) is 0 Å². The van der Waals surface area contributed by atoms with Crippen molar-refractivity contribution in [1.82, 2.24) is 10.2 Å². The van der Waals surface area contributed by atoms with Crippen LogP contribution in [0.15, 0.2) is 54.6 Å². The zero-order chi connectivity index (χ0) is 23.0. The topological polar surface area (TPSA) is 50.8 Å². The number of amides is 1. The molecule has 1 N–H and O–H groups in total. The van der Waals surface area contributed by atoms with Crippen LogP contribution in [0.5, 0.6) is 17.2 Å². The van der Waals surface area contributed by atoms with E-state index in [2.05, 4.69) is 28.4 Å². The first kappa shape index (κ1) is 23.4. The summed E-state index contributed by atoms with van der Waals surface area (Å²) in [4.78, 5) is 13.5. The van der Waals surface area contributed by atoms with E-state index in [-0.39, 0.29) is 5.91 Å². The highest BCUT2D eigenvalue weighted by molar-refractivity contribution is 6.32. The van der Waals surface area contributed by atoms with Gasteiger partial charge in [0.1, 0.15) is 23.9 Å². The van der Waals surface area contributed by atoms with E-state index in [1.54, 1.807) is 0 Å². The molecule has 0 atom stereocenters. The summed E-state index contributed by atoms with van der Waals surface area (Å²) >= 11 is 6.47. The molecule has 5 nitrogen and oxygen atoms in total. The average molecular weight is 467 g/mol. The van der Waals surface area contributed by atoms with Crippen molar-refractivity contribution < 1.29 is 14.3 Å². The molecular weight excluding hydrogens is 436 g/mol. The summed E-state index contributed by atoms with van der Waals surface area (Å²) in [5.74, 6) is 2.09. The Labute approximate surface area is 200 Å². The predicted molar refractivity (Wildman–Crippen MR) is 134 cm³/mol. The van der Waals surface area contributed by atoms with E-state index in [1.807, 2.05) is 36.4 Å². The third kappa shape index (κ3) is 6.86. The van der Waals surface area contributed by atoms with Gasteiger partial charge in [-0.05, 0) is 73.0 Å². The van der Waals surface area contributed by atoms with E-state index < -0.39 is 0 Å². The molecule has 174 valence electrons. The zero-order valence-corrected chi connectivity index (χ0v) is 19.9. The summed E-state index contributed by atoms with van der Waals surface area (Å²) in [6.45, 7) is 6.11. The highest BCUT2D eigenvalue weighted by atomic mass is 35.5. The van der Waals surface area contributed by atoms with Gasteiger partial charge in [-0.25, -0.2) is 0 Å². The highest BCUT2D eigenvalue weighted by Gasteiger charge is 2.11. The van der Waals surface area contributed by atoms with Gasteiger partial charge >= 0.3 is 0 Å². The largest absolute Gasteiger partial charge is 0.492 e. The molecule has 1 heterocycles. The Balaban J connectivity index is 1.34. The number of nitrogens with zero attached hydrogens (tertiary/aromatic N) is 1. The summed E-state index contributed by atoms with van der Waals surface area (Å²) in [6, 6.07) is 17.9. The van der Waals surface area contributed by atoms with Crippen molar-refractivity contribution in [2.45, 2.75) is 32.6 Å². The molecule has 3 aromatic rings.